The first-order valence-electron chi connectivity index (χ1n) is 5.97. The number of rotatable bonds is 4. The zero-order chi connectivity index (χ0) is 14.5. The SMILES string of the molecule is C[C@@H](OC(=O)c1ccc[nH]1)C(=O)Nc1cccc(F)c1. The second kappa shape index (κ2) is 6.01. The van der Waals surface area contributed by atoms with Crippen molar-refractivity contribution in [1.82, 2.24) is 4.98 Å². The van der Waals surface area contributed by atoms with Crippen molar-refractivity contribution >= 4 is 17.6 Å². The molecule has 1 aromatic heterocycles. The molecule has 1 aromatic carbocycles. The summed E-state index contributed by atoms with van der Waals surface area (Å²) in [6.07, 6.45) is 0.586. The average molecular weight is 276 g/mol. The summed E-state index contributed by atoms with van der Waals surface area (Å²) in [5.41, 5.74) is 0.563. The molecule has 0 saturated carbocycles. The molecule has 5 nitrogen and oxygen atoms in total. The van der Waals surface area contributed by atoms with Gasteiger partial charge in [-0.3, -0.25) is 4.79 Å². The molecule has 0 saturated heterocycles. The van der Waals surface area contributed by atoms with Crippen molar-refractivity contribution in [3.63, 3.8) is 0 Å². The summed E-state index contributed by atoms with van der Waals surface area (Å²) in [6, 6.07) is 8.65. The normalized spacial score (nSPS) is 11.7. The van der Waals surface area contributed by atoms with Crippen molar-refractivity contribution in [2.24, 2.45) is 0 Å². The standard InChI is InChI=1S/C14H13FN2O3/c1-9(20-14(19)12-6-3-7-16-12)13(18)17-11-5-2-4-10(15)8-11/h2-9,16H,1H3,(H,17,18)/t9-/m1/s1. The highest BCUT2D eigenvalue weighted by Crippen LogP contribution is 2.10. The number of esters is 1. The van der Waals surface area contributed by atoms with Gasteiger partial charge in [-0.1, -0.05) is 6.07 Å². The van der Waals surface area contributed by atoms with Crippen LogP contribution in [0.3, 0.4) is 0 Å². The van der Waals surface area contributed by atoms with Gasteiger partial charge < -0.3 is 15.0 Å². The third-order valence-corrected chi connectivity index (χ3v) is 2.56. The van der Waals surface area contributed by atoms with Crippen molar-refractivity contribution in [3.05, 3.63) is 54.1 Å². The molecule has 0 aliphatic heterocycles. The number of ether oxygens (including phenoxy) is 1. The number of benzene rings is 1. The van der Waals surface area contributed by atoms with Crippen LogP contribution in [0.5, 0.6) is 0 Å². The molecular formula is C14H13FN2O3. The minimum atomic E-state index is -0.992. The number of H-pyrrole nitrogens is 1. The highest BCUT2D eigenvalue weighted by Gasteiger charge is 2.19. The summed E-state index contributed by atoms with van der Waals surface area (Å²) < 4.78 is 18.0. The Labute approximate surface area is 114 Å². The van der Waals surface area contributed by atoms with Crippen LogP contribution >= 0.6 is 0 Å². The van der Waals surface area contributed by atoms with Crippen molar-refractivity contribution < 1.29 is 18.7 Å². The van der Waals surface area contributed by atoms with E-state index in [4.69, 9.17) is 4.74 Å². The van der Waals surface area contributed by atoms with Gasteiger partial charge in [0.2, 0.25) is 0 Å². The Balaban J connectivity index is 1.94. The molecular weight excluding hydrogens is 263 g/mol. The van der Waals surface area contributed by atoms with E-state index in [1.807, 2.05) is 0 Å². The van der Waals surface area contributed by atoms with Crippen molar-refractivity contribution in [2.45, 2.75) is 13.0 Å². The molecule has 104 valence electrons. The molecule has 2 N–H and O–H groups in total. The molecule has 1 atom stereocenters. The Morgan fingerprint density at radius 3 is 2.75 bits per heavy atom. The maximum Gasteiger partial charge on any atom is 0.355 e. The molecule has 0 bridgehead atoms. The number of nitrogens with one attached hydrogen (secondary N) is 2. The summed E-state index contributed by atoms with van der Waals surface area (Å²) in [4.78, 5) is 26.1. The minimum Gasteiger partial charge on any atom is -0.448 e. The molecule has 2 aromatic rings. The fraction of sp³-hybridized carbons (Fsp3) is 0.143. The molecule has 0 aliphatic carbocycles. The lowest BCUT2D eigenvalue weighted by molar-refractivity contribution is -0.123. The fourth-order valence-corrected chi connectivity index (χ4v) is 1.54. The smallest absolute Gasteiger partial charge is 0.355 e. The number of anilines is 1. The predicted molar refractivity (Wildman–Crippen MR) is 70.7 cm³/mol. The van der Waals surface area contributed by atoms with Gasteiger partial charge in [0.05, 0.1) is 0 Å². The van der Waals surface area contributed by atoms with Crippen LogP contribution in [0.2, 0.25) is 0 Å². The van der Waals surface area contributed by atoms with Gasteiger partial charge in [0, 0.05) is 11.9 Å². The molecule has 2 rings (SSSR count). The van der Waals surface area contributed by atoms with Crippen LogP contribution in [-0.2, 0) is 9.53 Å². The molecule has 0 unspecified atom stereocenters. The summed E-state index contributed by atoms with van der Waals surface area (Å²) in [7, 11) is 0. The van der Waals surface area contributed by atoms with E-state index in [1.165, 1.54) is 25.1 Å². The van der Waals surface area contributed by atoms with Gasteiger partial charge in [-0.15, -0.1) is 0 Å². The van der Waals surface area contributed by atoms with E-state index in [1.54, 1.807) is 24.4 Å². The number of aromatic amines is 1. The number of amides is 1. The molecule has 1 heterocycles. The van der Waals surface area contributed by atoms with Crippen LogP contribution in [0.25, 0.3) is 0 Å². The lowest BCUT2D eigenvalue weighted by atomic mass is 10.3. The van der Waals surface area contributed by atoms with Crippen molar-refractivity contribution in [1.29, 1.82) is 0 Å². The van der Waals surface area contributed by atoms with E-state index in [2.05, 4.69) is 10.3 Å². The highest BCUT2D eigenvalue weighted by atomic mass is 19.1. The largest absolute Gasteiger partial charge is 0.448 e. The number of carbonyl (C=O) groups is 2. The second-order valence-electron chi connectivity index (χ2n) is 4.13. The predicted octanol–water partition coefficient (Wildman–Crippen LogP) is 2.34. The van der Waals surface area contributed by atoms with Crippen LogP contribution in [0.1, 0.15) is 17.4 Å². The number of halogens is 1. The quantitative estimate of drug-likeness (QED) is 0.842. The topological polar surface area (TPSA) is 71.2 Å². The molecule has 20 heavy (non-hydrogen) atoms. The van der Waals surface area contributed by atoms with Gasteiger partial charge in [0.25, 0.3) is 5.91 Å². The fourth-order valence-electron chi connectivity index (χ4n) is 1.54. The van der Waals surface area contributed by atoms with E-state index in [-0.39, 0.29) is 5.69 Å². The molecule has 0 aliphatic rings. The summed E-state index contributed by atoms with van der Waals surface area (Å²) >= 11 is 0. The lowest BCUT2D eigenvalue weighted by Gasteiger charge is -2.13. The summed E-state index contributed by atoms with van der Waals surface area (Å²) in [6.45, 7) is 1.44. The third kappa shape index (κ3) is 3.44. The highest BCUT2D eigenvalue weighted by molar-refractivity contribution is 5.96. The summed E-state index contributed by atoms with van der Waals surface area (Å²) in [5, 5.41) is 2.47. The molecule has 0 fully saturated rings. The maximum absolute atomic E-state index is 13.0. The second-order valence-corrected chi connectivity index (χ2v) is 4.13. The molecule has 0 radical (unpaired) electrons. The van der Waals surface area contributed by atoms with E-state index >= 15 is 0 Å². The monoisotopic (exact) mass is 276 g/mol. The Kier molecular flexibility index (Phi) is 4.14. The lowest BCUT2D eigenvalue weighted by Crippen LogP contribution is -2.30. The van der Waals surface area contributed by atoms with Gasteiger partial charge in [0.1, 0.15) is 11.5 Å². The van der Waals surface area contributed by atoms with E-state index in [9.17, 15) is 14.0 Å². The number of hydrogen-bond donors (Lipinski definition) is 2. The van der Waals surface area contributed by atoms with Crippen molar-refractivity contribution in [2.75, 3.05) is 5.32 Å². The van der Waals surface area contributed by atoms with Gasteiger partial charge in [0.15, 0.2) is 6.10 Å². The Morgan fingerprint density at radius 1 is 1.30 bits per heavy atom. The maximum atomic E-state index is 13.0. The Morgan fingerprint density at radius 2 is 2.10 bits per heavy atom. The van der Waals surface area contributed by atoms with Crippen LogP contribution in [0, 0.1) is 5.82 Å². The van der Waals surface area contributed by atoms with Gasteiger partial charge in [-0.2, -0.15) is 0 Å². The Bertz CT molecular complexity index is 611. The van der Waals surface area contributed by atoms with Crippen LogP contribution in [-0.4, -0.2) is 23.0 Å². The van der Waals surface area contributed by atoms with Gasteiger partial charge >= 0.3 is 5.97 Å². The Hall–Kier alpha value is -2.63. The van der Waals surface area contributed by atoms with E-state index in [0.717, 1.165) is 0 Å². The molecule has 6 heteroatoms. The van der Waals surface area contributed by atoms with E-state index in [0.29, 0.717) is 5.69 Å². The van der Waals surface area contributed by atoms with Crippen LogP contribution in [0.4, 0.5) is 10.1 Å². The number of aromatic nitrogens is 1. The number of carbonyl (C=O) groups excluding carboxylic acids is 2. The van der Waals surface area contributed by atoms with Crippen LogP contribution in [0.15, 0.2) is 42.6 Å². The average Bonchev–Trinajstić information content (AvgIpc) is 2.92. The minimum absolute atomic E-state index is 0.260. The summed E-state index contributed by atoms with van der Waals surface area (Å²) in [5.74, 6) is -1.62. The van der Waals surface area contributed by atoms with Gasteiger partial charge in [-0.05, 0) is 37.3 Å². The van der Waals surface area contributed by atoms with Gasteiger partial charge in [-0.25, -0.2) is 9.18 Å². The zero-order valence-electron chi connectivity index (χ0n) is 10.7. The molecule has 0 spiro atoms. The first-order chi connectivity index (χ1) is 9.56. The van der Waals surface area contributed by atoms with Crippen LogP contribution < -0.4 is 5.32 Å². The first kappa shape index (κ1) is 13.8. The number of hydrogen-bond acceptors (Lipinski definition) is 3. The van der Waals surface area contributed by atoms with Crippen molar-refractivity contribution in [3.8, 4) is 0 Å². The molecule has 1 amide bonds. The zero-order valence-corrected chi connectivity index (χ0v) is 10.7. The van der Waals surface area contributed by atoms with E-state index < -0.39 is 23.8 Å². The third-order valence-electron chi connectivity index (χ3n) is 2.56. The first-order valence-corrected chi connectivity index (χ1v) is 5.97.